The Morgan fingerprint density at radius 1 is 1.32 bits per heavy atom. The quantitative estimate of drug-likeness (QED) is 0.764. The van der Waals surface area contributed by atoms with Crippen LogP contribution in [0.15, 0.2) is 6.33 Å². The van der Waals surface area contributed by atoms with E-state index < -0.39 is 0 Å². The first-order chi connectivity index (χ1) is 9.31. The van der Waals surface area contributed by atoms with Crippen molar-refractivity contribution in [2.24, 2.45) is 0 Å². The first kappa shape index (κ1) is 13.9. The molecule has 0 atom stereocenters. The number of aromatic nitrogens is 2. The van der Waals surface area contributed by atoms with E-state index in [1.165, 1.54) is 25.6 Å². The normalized spacial score (nSPS) is 16.3. The highest BCUT2D eigenvalue weighted by Gasteiger charge is 2.18. The fourth-order valence-electron chi connectivity index (χ4n) is 2.23. The van der Waals surface area contributed by atoms with Gasteiger partial charge in [-0.05, 0) is 25.7 Å². The minimum Gasteiger partial charge on any atom is -0.473 e. The SMILES string of the molecule is COCCNc1ncnc(OC2CCCCC2)c1N. The molecule has 0 bridgehead atoms. The van der Waals surface area contributed by atoms with Crippen LogP contribution in [0.2, 0.25) is 0 Å². The molecule has 1 heterocycles. The molecule has 1 aliphatic rings. The van der Waals surface area contributed by atoms with Crippen molar-refractivity contribution >= 4 is 11.5 Å². The summed E-state index contributed by atoms with van der Waals surface area (Å²) in [5, 5.41) is 3.11. The van der Waals surface area contributed by atoms with Crippen molar-refractivity contribution < 1.29 is 9.47 Å². The van der Waals surface area contributed by atoms with Crippen molar-refractivity contribution in [1.82, 2.24) is 9.97 Å². The van der Waals surface area contributed by atoms with Crippen LogP contribution >= 0.6 is 0 Å². The summed E-state index contributed by atoms with van der Waals surface area (Å²) >= 11 is 0. The van der Waals surface area contributed by atoms with E-state index in [0.717, 1.165) is 12.8 Å². The maximum absolute atomic E-state index is 6.03. The first-order valence-electron chi connectivity index (χ1n) is 6.81. The van der Waals surface area contributed by atoms with Gasteiger partial charge in [-0.3, -0.25) is 0 Å². The number of anilines is 2. The Bertz CT molecular complexity index is 394. The average molecular weight is 266 g/mol. The predicted octanol–water partition coefficient (Wildman–Crippen LogP) is 1.83. The topological polar surface area (TPSA) is 82.3 Å². The second kappa shape index (κ2) is 7.13. The van der Waals surface area contributed by atoms with Crippen molar-refractivity contribution in [3.05, 3.63) is 6.33 Å². The number of hydrogen-bond acceptors (Lipinski definition) is 6. The molecule has 0 aromatic carbocycles. The van der Waals surface area contributed by atoms with Crippen LogP contribution in [0.1, 0.15) is 32.1 Å². The molecule has 0 radical (unpaired) electrons. The lowest BCUT2D eigenvalue weighted by molar-refractivity contribution is 0.149. The van der Waals surface area contributed by atoms with Gasteiger partial charge < -0.3 is 20.5 Å². The van der Waals surface area contributed by atoms with E-state index in [-0.39, 0.29) is 6.10 Å². The third-order valence-corrected chi connectivity index (χ3v) is 3.28. The summed E-state index contributed by atoms with van der Waals surface area (Å²) in [6.45, 7) is 1.25. The molecule has 0 amide bonds. The summed E-state index contributed by atoms with van der Waals surface area (Å²) in [6.07, 6.45) is 7.60. The maximum Gasteiger partial charge on any atom is 0.242 e. The molecule has 1 aromatic rings. The molecule has 1 aromatic heterocycles. The number of methoxy groups -OCH3 is 1. The summed E-state index contributed by atoms with van der Waals surface area (Å²) in [4.78, 5) is 8.25. The van der Waals surface area contributed by atoms with Gasteiger partial charge in [0.15, 0.2) is 5.82 Å². The Morgan fingerprint density at radius 2 is 2.11 bits per heavy atom. The fraction of sp³-hybridized carbons (Fsp3) is 0.692. The number of rotatable bonds is 6. The lowest BCUT2D eigenvalue weighted by Crippen LogP contribution is -2.21. The largest absolute Gasteiger partial charge is 0.473 e. The summed E-state index contributed by atoms with van der Waals surface area (Å²) in [5.74, 6) is 1.10. The van der Waals surface area contributed by atoms with Crippen molar-refractivity contribution in [2.75, 3.05) is 31.3 Å². The van der Waals surface area contributed by atoms with Gasteiger partial charge in [-0.1, -0.05) is 6.42 Å². The van der Waals surface area contributed by atoms with E-state index >= 15 is 0 Å². The van der Waals surface area contributed by atoms with Gasteiger partial charge in [0.25, 0.3) is 0 Å². The van der Waals surface area contributed by atoms with E-state index in [9.17, 15) is 0 Å². The van der Waals surface area contributed by atoms with Gasteiger partial charge in [0, 0.05) is 13.7 Å². The Morgan fingerprint density at radius 3 is 2.84 bits per heavy atom. The highest BCUT2D eigenvalue weighted by atomic mass is 16.5. The Hall–Kier alpha value is -1.56. The zero-order chi connectivity index (χ0) is 13.5. The molecule has 2 rings (SSSR count). The van der Waals surface area contributed by atoms with Gasteiger partial charge in [0.1, 0.15) is 18.1 Å². The van der Waals surface area contributed by atoms with E-state index in [0.29, 0.717) is 30.5 Å². The van der Waals surface area contributed by atoms with E-state index in [4.69, 9.17) is 15.2 Å². The molecule has 0 aliphatic heterocycles. The van der Waals surface area contributed by atoms with Gasteiger partial charge >= 0.3 is 0 Å². The summed E-state index contributed by atoms with van der Waals surface area (Å²) < 4.78 is 10.9. The smallest absolute Gasteiger partial charge is 0.242 e. The minimum atomic E-state index is 0.234. The number of nitrogens with two attached hydrogens (primary N) is 1. The zero-order valence-electron chi connectivity index (χ0n) is 11.4. The van der Waals surface area contributed by atoms with Crippen LogP contribution < -0.4 is 15.8 Å². The number of nitrogens with one attached hydrogen (secondary N) is 1. The molecule has 6 nitrogen and oxygen atoms in total. The average Bonchev–Trinajstić information content (AvgIpc) is 2.44. The highest BCUT2D eigenvalue weighted by Crippen LogP contribution is 2.28. The lowest BCUT2D eigenvalue weighted by Gasteiger charge is -2.23. The van der Waals surface area contributed by atoms with Crippen LogP contribution in [-0.2, 0) is 4.74 Å². The maximum atomic E-state index is 6.03. The van der Waals surface area contributed by atoms with Crippen LogP contribution in [0.3, 0.4) is 0 Å². The van der Waals surface area contributed by atoms with Crippen molar-refractivity contribution in [1.29, 1.82) is 0 Å². The summed E-state index contributed by atoms with van der Waals surface area (Å²) in [6, 6.07) is 0. The number of nitrogens with zero attached hydrogens (tertiary/aromatic N) is 2. The van der Waals surface area contributed by atoms with E-state index in [1.807, 2.05) is 0 Å². The van der Waals surface area contributed by atoms with Gasteiger partial charge in [0.2, 0.25) is 5.88 Å². The molecule has 0 saturated heterocycles. The van der Waals surface area contributed by atoms with Crippen molar-refractivity contribution in [3.8, 4) is 5.88 Å². The summed E-state index contributed by atoms with van der Waals surface area (Å²) in [7, 11) is 1.66. The third-order valence-electron chi connectivity index (χ3n) is 3.28. The Balaban J connectivity index is 1.97. The van der Waals surface area contributed by atoms with Crippen molar-refractivity contribution in [3.63, 3.8) is 0 Å². The Labute approximate surface area is 113 Å². The molecular weight excluding hydrogens is 244 g/mol. The lowest BCUT2D eigenvalue weighted by atomic mass is 9.98. The highest BCUT2D eigenvalue weighted by molar-refractivity contribution is 5.66. The monoisotopic (exact) mass is 266 g/mol. The zero-order valence-corrected chi connectivity index (χ0v) is 11.4. The second-order valence-electron chi connectivity index (χ2n) is 4.74. The van der Waals surface area contributed by atoms with Crippen LogP contribution in [0.25, 0.3) is 0 Å². The molecule has 3 N–H and O–H groups in total. The van der Waals surface area contributed by atoms with Crippen molar-refractivity contribution in [2.45, 2.75) is 38.2 Å². The van der Waals surface area contributed by atoms with Gasteiger partial charge in [-0.15, -0.1) is 0 Å². The molecule has 1 fully saturated rings. The van der Waals surface area contributed by atoms with Gasteiger partial charge in [-0.2, -0.15) is 4.98 Å². The summed E-state index contributed by atoms with van der Waals surface area (Å²) in [5.41, 5.74) is 6.51. The molecule has 1 saturated carbocycles. The fourth-order valence-corrected chi connectivity index (χ4v) is 2.23. The second-order valence-corrected chi connectivity index (χ2v) is 4.74. The molecule has 6 heteroatoms. The van der Waals surface area contributed by atoms with Crippen LogP contribution in [-0.4, -0.2) is 36.3 Å². The molecule has 0 unspecified atom stereocenters. The number of hydrogen-bond donors (Lipinski definition) is 2. The van der Waals surface area contributed by atoms with E-state index in [2.05, 4.69) is 15.3 Å². The molecule has 0 spiro atoms. The molecule has 106 valence electrons. The molecule has 1 aliphatic carbocycles. The van der Waals surface area contributed by atoms with Gasteiger partial charge in [0.05, 0.1) is 6.61 Å². The molecular formula is C13H22N4O2. The van der Waals surface area contributed by atoms with Crippen LogP contribution in [0.4, 0.5) is 11.5 Å². The minimum absolute atomic E-state index is 0.234. The number of ether oxygens (including phenoxy) is 2. The van der Waals surface area contributed by atoms with E-state index in [1.54, 1.807) is 7.11 Å². The third kappa shape index (κ3) is 3.96. The predicted molar refractivity (Wildman–Crippen MR) is 74.3 cm³/mol. The standard InChI is InChI=1S/C13H22N4O2/c1-18-8-7-15-12-11(14)13(17-9-16-12)19-10-5-3-2-4-6-10/h9-10H,2-8,14H2,1H3,(H,15,16,17). The number of nitrogen functional groups attached to an aromatic ring is 1. The first-order valence-corrected chi connectivity index (χ1v) is 6.81. The van der Waals surface area contributed by atoms with Gasteiger partial charge in [-0.25, -0.2) is 4.98 Å². The Kier molecular flexibility index (Phi) is 5.20. The van der Waals surface area contributed by atoms with Crippen LogP contribution in [0.5, 0.6) is 5.88 Å². The van der Waals surface area contributed by atoms with Crippen LogP contribution in [0, 0.1) is 0 Å². The molecule has 19 heavy (non-hydrogen) atoms.